The number of carbonyl (C=O) groups excluding carboxylic acids is 2. The van der Waals surface area contributed by atoms with E-state index in [-0.39, 0.29) is 11.3 Å². The predicted octanol–water partition coefficient (Wildman–Crippen LogP) is 9.28. The number of primary amides is 1. The quantitative estimate of drug-likeness (QED) is 0.219. The minimum atomic E-state index is -0.890. The molecule has 3 aromatic rings. The molecule has 2 aromatic carbocycles. The third-order valence-corrected chi connectivity index (χ3v) is 9.33. The summed E-state index contributed by atoms with van der Waals surface area (Å²) < 4.78 is 30.7. The number of nitrogens with two attached hydrogens (primary N) is 1. The SMILES string of the molecule is CCC1CCCC1OCc1c(C2=C(Cl)CCC=C2Cl)noc1C1CC1.COC(=O)c1cc(F)c(NC(N)=O)cc1-c1ccccc1. The molecular formula is C35H38Cl2FN3O5. The molecule has 2 unspecified atom stereocenters. The Bertz CT molecular complexity index is 1630. The zero-order chi connectivity index (χ0) is 32.8. The van der Waals surface area contributed by atoms with Crippen molar-refractivity contribution < 1.29 is 28.0 Å². The molecule has 2 fully saturated rings. The van der Waals surface area contributed by atoms with Gasteiger partial charge < -0.3 is 25.0 Å². The summed E-state index contributed by atoms with van der Waals surface area (Å²) in [5.41, 5.74) is 8.77. The number of urea groups is 1. The number of amides is 2. The van der Waals surface area contributed by atoms with Gasteiger partial charge in [0, 0.05) is 27.1 Å². The number of allylic oxidation sites excluding steroid dienone is 4. The number of rotatable bonds is 9. The van der Waals surface area contributed by atoms with E-state index in [1.54, 1.807) is 24.3 Å². The van der Waals surface area contributed by atoms with Crippen molar-refractivity contribution in [1.82, 2.24) is 5.16 Å². The van der Waals surface area contributed by atoms with Gasteiger partial charge in [0.2, 0.25) is 0 Å². The van der Waals surface area contributed by atoms with Gasteiger partial charge >= 0.3 is 12.0 Å². The van der Waals surface area contributed by atoms with Gasteiger partial charge in [0.05, 0.1) is 31.1 Å². The van der Waals surface area contributed by atoms with E-state index in [1.165, 1.54) is 45.3 Å². The first-order chi connectivity index (χ1) is 22.2. The maximum Gasteiger partial charge on any atom is 0.338 e. The predicted molar refractivity (Wildman–Crippen MR) is 177 cm³/mol. The van der Waals surface area contributed by atoms with Gasteiger partial charge in [-0.15, -0.1) is 0 Å². The van der Waals surface area contributed by atoms with E-state index >= 15 is 0 Å². The van der Waals surface area contributed by atoms with Crippen molar-refractivity contribution in [2.45, 2.75) is 76.9 Å². The van der Waals surface area contributed by atoms with Crippen LogP contribution in [0.4, 0.5) is 14.9 Å². The summed E-state index contributed by atoms with van der Waals surface area (Å²) in [6.45, 7) is 2.80. The number of hydrogen-bond acceptors (Lipinski definition) is 6. The molecule has 2 amide bonds. The van der Waals surface area contributed by atoms with Crippen molar-refractivity contribution in [3.05, 3.63) is 87.0 Å². The number of halogens is 3. The third-order valence-electron chi connectivity index (χ3n) is 8.61. The van der Waals surface area contributed by atoms with Crippen molar-refractivity contribution in [3.8, 4) is 11.1 Å². The molecule has 3 N–H and O–H groups in total. The zero-order valence-corrected chi connectivity index (χ0v) is 27.4. The van der Waals surface area contributed by atoms with Crippen LogP contribution < -0.4 is 11.1 Å². The molecule has 46 heavy (non-hydrogen) atoms. The van der Waals surface area contributed by atoms with E-state index in [0.717, 1.165) is 53.0 Å². The number of nitrogens with one attached hydrogen (secondary N) is 1. The number of hydrogen-bond donors (Lipinski definition) is 2. The van der Waals surface area contributed by atoms with Crippen LogP contribution in [0, 0.1) is 11.7 Å². The average Bonchev–Trinajstić information content (AvgIpc) is 3.65. The molecule has 6 rings (SSSR count). The molecule has 2 saturated carbocycles. The average molecular weight is 671 g/mol. The number of aromatic nitrogens is 1. The molecule has 1 aromatic heterocycles. The molecule has 3 aliphatic rings. The lowest BCUT2D eigenvalue weighted by Gasteiger charge is -2.19. The Morgan fingerprint density at radius 3 is 2.54 bits per heavy atom. The minimum Gasteiger partial charge on any atom is -0.465 e. The summed E-state index contributed by atoms with van der Waals surface area (Å²) in [4.78, 5) is 22.7. The van der Waals surface area contributed by atoms with Crippen LogP contribution in [-0.4, -0.2) is 30.4 Å². The number of nitrogens with zero attached hydrogens (tertiary/aromatic N) is 1. The number of ether oxygens (including phenoxy) is 2. The molecule has 0 saturated heterocycles. The highest BCUT2D eigenvalue weighted by atomic mass is 35.5. The van der Waals surface area contributed by atoms with Gasteiger partial charge in [-0.3, -0.25) is 0 Å². The zero-order valence-electron chi connectivity index (χ0n) is 25.9. The monoisotopic (exact) mass is 669 g/mol. The first-order valence-electron chi connectivity index (χ1n) is 15.6. The number of benzene rings is 2. The normalized spacial score (nSPS) is 19.3. The number of anilines is 1. The second-order valence-electron chi connectivity index (χ2n) is 11.7. The summed E-state index contributed by atoms with van der Waals surface area (Å²) in [5.74, 6) is 0.699. The van der Waals surface area contributed by atoms with Crippen LogP contribution >= 0.6 is 23.2 Å². The molecule has 244 valence electrons. The van der Waals surface area contributed by atoms with E-state index in [9.17, 15) is 14.0 Å². The Morgan fingerprint density at radius 1 is 1.13 bits per heavy atom. The second kappa shape index (κ2) is 15.3. The lowest BCUT2D eigenvalue weighted by molar-refractivity contribution is 0.0143. The van der Waals surface area contributed by atoms with Gasteiger partial charge in [-0.1, -0.05) is 84.5 Å². The van der Waals surface area contributed by atoms with Crippen LogP contribution in [0.5, 0.6) is 0 Å². The summed E-state index contributed by atoms with van der Waals surface area (Å²) in [6, 6.07) is 10.4. The largest absolute Gasteiger partial charge is 0.465 e. The molecule has 3 aliphatic carbocycles. The van der Waals surface area contributed by atoms with Crippen molar-refractivity contribution in [2.24, 2.45) is 11.7 Å². The van der Waals surface area contributed by atoms with E-state index < -0.39 is 17.8 Å². The van der Waals surface area contributed by atoms with E-state index in [0.29, 0.717) is 40.7 Å². The van der Waals surface area contributed by atoms with Crippen molar-refractivity contribution >= 4 is 46.5 Å². The maximum atomic E-state index is 13.9. The van der Waals surface area contributed by atoms with Gasteiger partial charge in [0.15, 0.2) is 0 Å². The topological polar surface area (TPSA) is 117 Å². The first-order valence-corrected chi connectivity index (χ1v) is 16.4. The smallest absolute Gasteiger partial charge is 0.338 e. The molecule has 0 radical (unpaired) electrons. The highest BCUT2D eigenvalue weighted by molar-refractivity contribution is 6.42. The highest BCUT2D eigenvalue weighted by Gasteiger charge is 2.35. The summed E-state index contributed by atoms with van der Waals surface area (Å²) in [6.07, 6.45) is 11.3. The third kappa shape index (κ3) is 7.82. The van der Waals surface area contributed by atoms with Gasteiger partial charge in [-0.05, 0) is 67.7 Å². The fourth-order valence-electron chi connectivity index (χ4n) is 6.06. The lowest BCUT2D eigenvalue weighted by Crippen LogP contribution is -2.20. The Labute approximate surface area is 278 Å². The second-order valence-corrected chi connectivity index (χ2v) is 12.6. The van der Waals surface area contributed by atoms with Crippen molar-refractivity contribution in [2.75, 3.05) is 12.4 Å². The van der Waals surface area contributed by atoms with Crippen LogP contribution in [0.25, 0.3) is 16.7 Å². The standard InChI is InChI=1S/C20H25Cl2NO2.C15H13FN2O3/c1-2-12-5-3-8-17(12)24-11-14-19(23-25-20(14)13-9-10-13)18-15(21)6-4-7-16(18)22;1-21-14(19)11-7-12(16)13(18-15(17)20)8-10(11)9-5-3-2-4-6-9/h6,12-13,17H,2-5,7-11H2,1H3;2-8H,1H3,(H3,17,18,20). The lowest BCUT2D eigenvalue weighted by atomic mass is 9.98. The van der Waals surface area contributed by atoms with E-state index in [2.05, 4.69) is 22.1 Å². The minimum absolute atomic E-state index is 0.0659. The van der Waals surface area contributed by atoms with Gasteiger partial charge in [0.1, 0.15) is 17.3 Å². The molecular weight excluding hydrogens is 632 g/mol. The summed E-state index contributed by atoms with van der Waals surface area (Å²) in [7, 11) is 1.21. The summed E-state index contributed by atoms with van der Waals surface area (Å²) in [5, 5.41) is 8.00. The van der Waals surface area contributed by atoms with E-state index in [4.69, 9.17) is 38.2 Å². The van der Waals surface area contributed by atoms with Crippen LogP contribution in [0.3, 0.4) is 0 Å². The number of methoxy groups -OCH3 is 1. The van der Waals surface area contributed by atoms with Crippen molar-refractivity contribution in [1.29, 1.82) is 0 Å². The van der Waals surface area contributed by atoms with Gasteiger partial charge in [0.25, 0.3) is 0 Å². The molecule has 8 nitrogen and oxygen atoms in total. The van der Waals surface area contributed by atoms with E-state index in [1.807, 2.05) is 12.1 Å². The number of esters is 1. The van der Waals surface area contributed by atoms with Crippen LogP contribution in [0.2, 0.25) is 0 Å². The Morgan fingerprint density at radius 2 is 1.89 bits per heavy atom. The van der Waals surface area contributed by atoms with Gasteiger partial charge in [-0.2, -0.15) is 0 Å². The fourth-order valence-corrected chi connectivity index (χ4v) is 6.73. The molecule has 0 bridgehead atoms. The molecule has 2 atom stereocenters. The van der Waals surface area contributed by atoms with Gasteiger partial charge in [-0.25, -0.2) is 14.0 Å². The molecule has 0 aliphatic heterocycles. The molecule has 0 spiro atoms. The Balaban J connectivity index is 0.000000184. The number of carbonyl (C=O) groups is 2. The Hall–Kier alpha value is -3.66. The van der Waals surface area contributed by atoms with Crippen LogP contribution in [-0.2, 0) is 16.1 Å². The maximum absolute atomic E-state index is 13.9. The van der Waals surface area contributed by atoms with Crippen LogP contribution in [0.1, 0.15) is 91.6 Å². The molecule has 11 heteroatoms. The summed E-state index contributed by atoms with van der Waals surface area (Å²) >= 11 is 13.0. The Kier molecular flexibility index (Phi) is 11.2. The first kappa shape index (κ1) is 33.7. The van der Waals surface area contributed by atoms with Crippen molar-refractivity contribution in [3.63, 3.8) is 0 Å². The molecule has 1 heterocycles. The fraction of sp³-hybridized carbons (Fsp3) is 0.400. The van der Waals surface area contributed by atoms with Crippen LogP contribution in [0.15, 0.2) is 63.1 Å². The highest BCUT2D eigenvalue weighted by Crippen LogP contribution is 2.46.